The Balaban J connectivity index is 1.66. The number of rotatable bonds is 3. The highest BCUT2D eigenvalue weighted by Gasteiger charge is 2.55. The van der Waals surface area contributed by atoms with Crippen LogP contribution in [0.1, 0.15) is 16.8 Å². The maximum atomic E-state index is 13.2. The van der Waals surface area contributed by atoms with E-state index in [1.807, 2.05) is 25.2 Å². The van der Waals surface area contributed by atoms with Crippen LogP contribution >= 0.6 is 0 Å². The fraction of sp³-hybridized carbons (Fsp3) is 0.421. The van der Waals surface area contributed by atoms with Crippen LogP contribution in [-0.4, -0.2) is 69.8 Å². The highest BCUT2D eigenvalue weighted by atomic mass is 16.4. The van der Waals surface area contributed by atoms with E-state index in [-0.39, 0.29) is 18.4 Å². The second-order valence-corrected chi connectivity index (χ2v) is 7.34. The number of fused-ring (bicyclic) bond motifs is 1. The molecular weight excluding hydrogens is 332 g/mol. The fourth-order valence-corrected chi connectivity index (χ4v) is 4.36. The van der Waals surface area contributed by atoms with Crippen molar-refractivity contribution >= 4 is 11.9 Å². The molecule has 7 heteroatoms. The first-order chi connectivity index (χ1) is 12.5. The topological polar surface area (TPSA) is 78.7 Å². The molecule has 1 aromatic heterocycles. The fourth-order valence-electron chi connectivity index (χ4n) is 4.36. The molecule has 4 rings (SSSR count). The molecule has 0 bridgehead atoms. The van der Waals surface area contributed by atoms with Gasteiger partial charge in [0.1, 0.15) is 5.41 Å². The van der Waals surface area contributed by atoms with Crippen molar-refractivity contribution in [3.63, 3.8) is 0 Å². The van der Waals surface area contributed by atoms with Gasteiger partial charge in [0, 0.05) is 32.0 Å². The zero-order valence-electron chi connectivity index (χ0n) is 14.7. The molecule has 2 aliphatic heterocycles. The van der Waals surface area contributed by atoms with Gasteiger partial charge in [0.25, 0.3) is 5.91 Å². The zero-order valence-corrected chi connectivity index (χ0v) is 14.7. The standard InChI is InChI=1S/C19H22N4O3/c1-21-10-7-14-11-22(13-19(14,12-21)18(25)26)17(24)15-5-2-3-6-16(15)23-9-4-8-20-23/h2-6,8-9,14H,7,10-13H2,1H3,(H,25,26)/t14-,19-/m0/s1. The molecule has 0 saturated carbocycles. The summed E-state index contributed by atoms with van der Waals surface area (Å²) >= 11 is 0. The van der Waals surface area contributed by atoms with Crippen LogP contribution < -0.4 is 0 Å². The molecule has 0 aliphatic carbocycles. The maximum Gasteiger partial charge on any atom is 0.313 e. The number of carbonyl (C=O) groups excluding carboxylic acids is 1. The molecule has 26 heavy (non-hydrogen) atoms. The largest absolute Gasteiger partial charge is 0.481 e. The van der Waals surface area contributed by atoms with Crippen LogP contribution in [0.25, 0.3) is 5.69 Å². The first-order valence-corrected chi connectivity index (χ1v) is 8.81. The first-order valence-electron chi connectivity index (χ1n) is 8.81. The van der Waals surface area contributed by atoms with E-state index in [0.717, 1.165) is 13.0 Å². The minimum Gasteiger partial charge on any atom is -0.481 e. The van der Waals surface area contributed by atoms with Crippen LogP contribution in [0.4, 0.5) is 0 Å². The van der Waals surface area contributed by atoms with E-state index in [1.54, 1.807) is 34.1 Å². The first kappa shape index (κ1) is 16.8. The Labute approximate surface area is 151 Å². The molecule has 1 amide bonds. The van der Waals surface area contributed by atoms with Crippen molar-refractivity contribution in [3.05, 3.63) is 48.3 Å². The highest BCUT2D eigenvalue weighted by Crippen LogP contribution is 2.42. The number of hydrogen-bond donors (Lipinski definition) is 1. The predicted octanol–water partition coefficient (Wildman–Crippen LogP) is 1.35. The van der Waals surface area contributed by atoms with Crippen LogP contribution in [0, 0.1) is 11.3 Å². The SMILES string of the molecule is CN1CC[C@H]2CN(C(=O)c3ccccc3-n3cccn3)C[C@@]2(C(=O)O)C1. The van der Waals surface area contributed by atoms with Crippen molar-refractivity contribution in [1.29, 1.82) is 0 Å². The summed E-state index contributed by atoms with van der Waals surface area (Å²) in [6.07, 6.45) is 4.26. The maximum absolute atomic E-state index is 13.2. The molecule has 0 spiro atoms. The summed E-state index contributed by atoms with van der Waals surface area (Å²) in [6.45, 7) is 2.10. The Kier molecular flexibility index (Phi) is 4.03. The predicted molar refractivity (Wildman–Crippen MR) is 95.1 cm³/mol. The molecule has 0 radical (unpaired) electrons. The molecule has 1 aromatic carbocycles. The van der Waals surface area contributed by atoms with Gasteiger partial charge in [-0.2, -0.15) is 5.10 Å². The van der Waals surface area contributed by atoms with E-state index < -0.39 is 11.4 Å². The summed E-state index contributed by atoms with van der Waals surface area (Å²) in [7, 11) is 1.94. The highest BCUT2D eigenvalue weighted by molar-refractivity contribution is 5.98. The lowest BCUT2D eigenvalue weighted by Crippen LogP contribution is -2.52. The van der Waals surface area contributed by atoms with Crippen LogP contribution in [0.2, 0.25) is 0 Å². The average molecular weight is 354 g/mol. The van der Waals surface area contributed by atoms with Gasteiger partial charge in [0.05, 0.1) is 11.3 Å². The number of carboxylic acids is 1. The van der Waals surface area contributed by atoms with Gasteiger partial charge in [0.15, 0.2) is 0 Å². The van der Waals surface area contributed by atoms with Gasteiger partial charge in [0.2, 0.25) is 0 Å². The minimum atomic E-state index is -0.872. The minimum absolute atomic E-state index is 0.00276. The number of amides is 1. The van der Waals surface area contributed by atoms with Crippen LogP contribution in [-0.2, 0) is 4.79 Å². The Morgan fingerprint density at radius 2 is 2.04 bits per heavy atom. The molecule has 2 aliphatic rings. The van der Waals surface area contributed by atoms with E-state index in [0.29, 0.717) is 24.3 Å². The zero-order chi connectivity index (χ0) is 18.3. The lowest BCUT2D eigenvalue weighted by atomic mass is 9.73. The van der Waals surface area contributed by atoms with Crippen LogP contribution in [0.3, 0.4) is 0 Å². The number of para-hydroxylation sites is 1. The van der Waals surface area contributed by atoms with E-state index in [4.69, 9.17) is 0 Å². The van der Waals surface area contributed by atoms with Gasteiger partial charge in [-0.05, 0) is 44.1 Å². The summed E-state index contributed by atoms with van der Waals surface area (Å²) in [5.41, 5.74) is 0.381. The third-order valence-electron chi connectivity index (χ3n) is 5.71. The third-order valence-corrected chi connectivity index (χ3v) is 5.71. The summed E-state index contributed by atoms with van der Waals surface area (Å²) < 4.78 is 1.66. The van der Waals surface area contributed by atoms with Gasteiger partial charge in [-0.3, -0.25) is 9.59 Å². The Bertz CT molecular complexity index is 835. The van der Waals surface area contributed by atoms with Gasteiger partial charge in [-0.25, -0.2) is 4.68 Å². The van der Waals surface area contributed by atoms with Crippen LogP contribution in [0.15, 0.2) is 42.7 Å². The normalized spacial score (nSPS) is 25.9. The van der Waals surface area contributed by atoms with E-state index in [9.17, 15) is 14.7 Å². The van der Waals surface area contributed by atoms with Crippen molar-refractivity contribution in [2.75, 3.05) is 33.2 Å². The number of piperidine rings is 1. The van der Waals surface area contributed by atoms with Crippen molar-refractivity contribution in [2.45, 2.75) is 6.42 Å². The number of hydrogen-bond acceptors (Lipinski definition) is 4. The summed E-state index contributed by atoms with van der Waals surface area (Å²) in [5, 5.41) is 14.1. The second kappa shape index (κ2) is 6.25. The number of likely N-dealkylation sites (tertiary alicyclic amines) is 2. The number of aliphatic carboxylic acids is 1. The molecule has 2 aromatic rings. The summed E-state index contributed by atoms with van der Waals surface area (Å²) in [5.74, 6) is -0.935. The third kappa shape index (κ3) is 2.59. The summed E-state index contributed by atoms with van der Waals surface area (Å²) in [6, 6.07) is 9.13. The number of carboxylic acid groups (broad SMARTS) is 1. The molecule has 2 fully saturated rings. The van der Waals surface area contributed by atoms with Crippen molar-refractivity contribution in [3.8, 4) is 5.69 Å². The Hall–Kier alpha value is -2.67. The summed E-state index contributed by atoms with van der Waals surface area (Å²) in [4.78, 5) is 29.1. The molecule has 136 valence electrons. The molecular formula is C19H22N4O3. The van der Waals surface area contributed by atoms with Crippen molar-refractivity contribution < 1.29 is 14.7 Å². The van der Waals surface area contributed by atoms with Crippen LogP contribution in [0.5, 0.6) is 0 Å². The number of carbonyl (C=O) groups is 2. The number of benzene rings is 1. The van der Waals surface area contributed by atoms with E-state index >= 15 is 0 Å². The quantitative estimate of drug-likeness (QED) is 0.900. The van der Waals surface area contributed by atoms with Gasteiger partial charge < -0.3 is 14.9 Å². The number of nitrogens with zero attached hydrogens (tertiary/aromatic N) is 4. The Morgan fingerprint density at radius 3 is 2.77 bits per heavy atom. The molecule has 2 atom stereocenters. The van der Waals surface area contributed by atoms with E-state index in [1.165, 1.54) is 0 Å². The van der Waals surface area contributed by atoms with E-state index in [2.05, 4.69) is 10.00 Å². The smallest absolute Gasteiger partial charge is 0.313 e. The lowest BCUT2D eigenvalue weighted by molar-refractivity contribution is -0.153. The van der Waals surface area contributed by atoms with Gasteiger partial charge in [-0.15, -0.1) is 0 Å². The average Bonchev–Trinajstić information content (AvgIpc) is 3.29. The number of aromatic nitrogens is 2. The van der Waals surface area contributed by atoms with Gasteiger partial charge >= 0.3 is 5.97 Å². The lowest BCUT2D eigenvalue weighted by Gasteiger charge is -2.39. The molecule has 3 heterocycles. The van der Waals surface area contributed by atoms with Gasteiger partial charge in [-0.1, -0.05) is 12.1 Å². The molecule has 2 saturated heterocycles. The van der Waals surface area contributed by atoms with Crippen molar-refractivity contribution in [2.24, 2.45) is 11.3 Å². The molecule has 7 nitrogen and oxygen atoms in total. The van der Waals surface area contributed by atoms with Crippen molar-refractivity contribution in [1.82, 2.24) is 19.6 Å². The molecule has 0 unspecified atom stereocenters. The monoisotopic (exact) mass is 354 g/mol. The molecule has 1 N–H and O–H groups in total. The Morgan fingerprint density at radius 1 is 1.23 bits per heavy atom. The second-order valence-electron chi connectivity index (χ2n) is 7.34.